The fourth-order valence-electron chi connectivity index (χ4n) is 3.01. The maximum absolute atomic E-state index is 12.4. The molecular weight excluding hydrogens is 421 g/mol. The van der Waals surface area contributed by atoms with Gasteiger partial charge in [-0.15, -0.1) is 13.2 Å². The molecule has 0 unspecified atom stereocenters. The SMILES string of the molecule is O=C1NC(=O)/C(=C/c2cc3cncc(CCc4cccc(OC(F)(F)F)c4)c3o2)S1. The van der Waals surface area contributed by atoms with Crippen LogP contribution in [0, 0.1) is 0 Å². The molecule has 3 heterocycles. The summed E-state index contributed by atoms with van der Waals surface area (Å²) in [6.45, 7) is 0. The van der Waals surface area contributed by atoms with Crippen LogP contribution in [0.1, 0.15) is 16.9 Å². The summed E-state index contributed by atoms with van der Waals surface area (Å²) in [5, 5.41) is 2.44. The minimum atomic E-state index is -4.74. The topological polar surface area (TPSA) is 81.4 Å². The third-order valence-corrected chi connectivity index (χ3v) is 5.06. The first-order chi connectivity index (χ1) is 14.3. The van der Waals surface area contributed by atoms with Gasteiger partial charge in [-0.05, 0) is 48.4 Å². The molecule has 2 aromatic heterocycles. The summed E-state index contributed by atoms with van der Waals surface area (Å²) < 4.78 is 47.0. The number of ether oxygens (including phenoxy) is 1. The number of benzene rings is 1. The van der Waals surface area contributed by atoms with E-state index in [9.17, 15) is 22.8 Å². The normalized spacial score (nSPS) is 15.8. The smallest absolute Gasteiger partial charge is 0.456 e. The zero-order valence-electron chi connectivity index (χ0n) is 15.2. The van der Waals surface area contributed by atoms with E-state index in [1.165, 1.54) is 24.3 Å². The average Bonchev–Trinajstić information content (AvgIpc) is 3.21. The number of imide groups is 1. The quantitative estimate of drug-likeness (QED) is 0.579. The number of carbonyl (C=O) groups excluding carboxylic acids is 2. The lowest BCUT2D eigenvalue weighted by atomic mass is 10.0. The molecule has 0 saturated carbocycles. The second-order valence-corrected chi connectivity index (χ2v) is 7.43. The maximum atomic E-state index is 12.4. The molecule has 1 N–H and O–H groups in total. The van der Waals surface area contributed by atoms with Crippen molar-refractivity contribution in [2.24, 2.45) is 0 Å². The minimum absolute atomic E-state index is 0.232. The molecule has 10 heteroatoms. The van der Waals surface area contributed by atoms with E-state index < -0.39 is 17.5 Å². The van der Waals surface area contributed by atoms with E-state index in [1.807, 2.05) is 0 Å². The van der Waals surface area contributed by atoms with Crippen molar-refractivity contribution in [2.75, 3.05) is 0 Å². The van der Waals surface area contributed by atoms with Crippen LogP contribution in [0.15, 0.2) is 52.0 Å². The minimum Gasteiger partial charge on any atom is -0.456 e. The number of carbonyl (C=O) groups is 2. The number of nitrogens with zero attached hydrogens (tertiary/aromatic N) is 1. The zero-order valence-corrected chi connectivity index (χ0v) is 16.0. The number of rotatable bonds is 5. The zero-order chi connectivity index (χ0) is 21.3. The van der Waals surface area contributed by atoms with E-state index in [-0.39, 0.29) is 10.7 Å². The predicted molar refractivity (Wildman–Crippen MR) is 104 cm³/mol. The highest BCUT2D eigenvalue weighted by molar-refractivity contribution is 8.18. The number of thioether (sulfide) groups is 1. The number of hydrogen-bond donors (Lipinski definition) is 1. The molecule has 1 saturated heterocycles. The van der Waals surface area contributed by atoms with Crippen molar-refractivity contribution < 1.29 is 31.9 Å². The highest BCUT2D eigenvalue weighted by Crippen LogP contribution is 2.30. The number of amides is 2. The van der Waals surface area contributed by atoms with Gasteiger partial charge in [-0.3, -0.25) is 19.9 Å². The molecule has 1 aliphatic heterocycles. The van der Waals surface area contributed by atoms with Gasteiger partial charge in [0.1, 0.15) is 17.1 Å². The summed E-state index contributed by atoms with van der Waals surface area (Å²) in [6.07, 6.45) is 0.879. The van der Waals surface area contributed by atoms with E-state index in [1.54, 1.807) is 24.5 Å². The van der Waals surface area contributed by atoms with Crippen LogP contribution < -0.4 is 10.1 Å². The van der Waals surface area contributed by atoms with E-state index in [0.717, 1.165) is 17.3 Å². The second-order valence-electron chi connectivity index (χ2n) is 6.41. The number of hydrogen-bond acceptors (Lipinski definition) is 6. The fourth-order valence-corrected chi connectivity index (χ4v) is 3.68. The maximum Gasteiger partial charge on any atom is 0.573 e. The Morgan fingerprint density at radius 1 is 1.17 bits per heavy atom. The van der Waals surface area contributed by atoms with Crippen molar-refractivity contribution in [3.8, 4) is 5.75 Å². The summed E-state index contributed by atoms with van der Waals surface area (Å²) in [5.74, 6) is -0.359. The van der Waals surface area contributed by atoms with Gasteiger partial charge in [-0.25, -0.2) is 0 Å². The van der Waals surface area contributed by atoms with Crippen LogP contribution >= 0.6 is 11.8 Å². The average molecular weight is 434 g/mol. The van der Waals surface area contributed by atoms with E-state index in [0.29, 0.717) is 35.1 Å². The number of nitrogens with one attached hydrogen (secondary N) is 1. The van der Waals surface area contributed by atoms with E-state index >= 15 is 0 Å². The van der Waals surface area contributed by atoms with Crippen LogP contribution in [0.3, 0.4) is 0 Å². The number of aryl methyl sites for hydroxylation is 2. The molecule has 0 radical (unpaired) electrons. The second kappa shape index (κ2) is 7.86. The molecule has 0 aliphatic carbocycles. The first-order valence-electron chi connectivity index (χ1n) is 8.73. The molecule has 0 spiro atoms. The first kappa shape index (κ1) is 20.0. The summed E-state index contributed by atoms with van der Waals surface area (Å²) >= 11 is 0.789. The van der Waals surface area contributed by atoms with Gasteiger partial charge < -0.3 is 9.15 Å². The Bertz CT molecular complexity index is 1170. The summed E-state index contributed by atoms with van der Waals surface area (Å²) in [7, 11) is 0. The Morgan fingerprint density at radius 2 is 2.00 bits per heavy atom. The summed E-state index contributed by atoms with van der Waals surface area (Å²) in [4.78, 5) is 27.4. The van der Waals surface area contributed by atoms with Crippen molar-refractivity contribution in [1.82, 2.24) is 10.3 Å². The summed E-state index contributed by atoms with van der Waals surface area (Å²) in [6, 6.07) is 7.49. The lowest BCUT2D eigenvalue weighted by molar-refractivity contribution is -0.274. The monoisotopic (exact) mass is 434 g/mol. The highest BCUT2D eigenvalue weighted by atomic mass is 32.2. The van der Waals surface area contributed by atoms with Crippen LogP contribution in [0.4, 0.5) is 18.0 Å². The lowest BCUT2D eigenvalue weighted by Crippen LogP contribution is -2.17. The molecule has 154 valence electrons. The standard InChI is InChI=1S/C20H13F3N2O4S/c21-20(22,23)29-14-3-1-2-11(6-14)4-5-12-9-24-10-13-7-15(28-17(12)13)8-16-18(26)25-19(27)30-16/h1-3,6-10H,4-5H2,(H,25,26,27)/b16-8-. The lowest BCUT2D eigenvalue weighted by Gasteiger charge is -2.10. The first-order valence-corrected chi connectivity index (χ1v) is 9.54. The van der Waals surface area contributed by atoms with Gasteiger partial charge in [0.25, 0.3) is 11.1 Å². The highest BCUT2D eigenvalue weighted by Gasteiger charge is 2.31. The van der Waals surface area contributed by atoms with Crippen molar-refractivity contribution >= 4 is 40.0 Å². The predicted octanol–water partition coefficient (Wildman–Crippen LogP) is 4.84. The van der Waals surface area contributed by atoms with Crippen molar-refractivity contribution in [3.05, 3.63) is 64.5 Å². The van der Waals surface area contributed by atoms with Crippen LogP contribution in [0.25, 0.3) is 17.0 Å². The Hall–Kier alpha value is -3.27. The molecule has 1 fully saturated rings. The van der Waals surface area contributed by atoms with Gasteiger partial charge >= 0.3 is 6.36 Å². The molecular formula is C20H13F3N2O4S. The number of alkyl halides is 3. The Morgan fingerprint density at radius 3 is 2.73 bits per heavy atom. The van der Waals surface area contributed by atoms with Gasteiger partial charge in [-0.2, -0.15) is 0 Å². The summed E-state index contributed by atoms with van der Waals surface area (Å²) in [5.41, 5.74) is 1.99. The van der Waals surface area contributed by atoms with Gasteiger partial charge in [0.05, 0.1) is 4.91 Å². The molecule has 30 heavy (non-hydrogen) atoms. The van der Waals surface area contributed by atoms with Crippen LogP contribution in [-0.4, -0.2) is 22.5 Å². The van der Waals surface area contributed by atoms with Crippen LogP contribution in [0.5, 0.6) is 5.75 Å². The molecule has 1 aromatic carbocycles. The van der Waals surface area contributed by atoms with E-state index in [4.69, 9.17) is 4.42 Å². The van der Waals surface area contributed by atoms with Crippen LogP contribution in [0.2, 0.25) is 0 Å². The van der Waals surface area contributed by atoms with Crippen molar-refractivity contribution in [1.29, 1.82) is 0 Å². The Labute approximate surface area is 172 Å². The van der Waals surface area contributed by atoms with Crippen molar-refractivity contribution in [2.45, 2.75) is 19.2 Å². The van der Waals surface area contributed by atoms with Crippen LogP contribution in [-0.2, 0) is 17.6 Å². The van der Waals surface area contributed by atoms with E-state index in [2.05, 4.69) is 15.0 Å². The Kier molecular flexibility index (Phi) is 5.25. The third kappa shape index (κ3) is 4.65. The molecule has 0 atom stereocenters. The number of pyridine rings is 1. The van der Waals surface area contributed by atoms with Crippen molar-refractivity contribution in [3.63, 3.8) is 0 Å². The molecule has 4 rings (SSSR count). The van der Waals surface area contributed by atoms with Gasteiger partial charge in [0, 0.05) is 29.4 Å². The molecule has 6 nitrogen and oxygen atoms in total. The van der Waals surface area contributed by atoms with Gasteiger partial charge in [0.2, 0.25) is 0 Å². The fraction of sp³-hybridized carbons (Fsp3) is 0.150. The van der Waals surface area contributed by atoms with Gasteiger partial charge in [-0.1, -0.05) is 12.1 Å². The number of halogens is 3. The number of aromatic nitrogens is 1. The number of fused-ring (bicyclic) bond motifs is 1. The van der Waals surface area contributed by atoms with Gasteiger partial charge in [0.15, 0.2) is 0 Å². The largest absolute Gasteiger partial charge is 0.573 e. The molecule has 1 aliphatic rings. The third-order valence-electron chi connectivity index (χ3n) is 4.25. The molecule has 0 bridgehead atoms. The molecule has 2 amide bonds. The number of furan rings is 1. The Balaban J connectivity index is 1.53. The molecule has 3 aromatic rings.